The van der Waals surface area contributed by atoms with Gasteiger partial charge in [-0.1, -0.05) is 26.2 Å². The minimum absolute atomic E-state index is 0.104. The van der Waals surface area contributed by atoms with Gasteiger partial charge in [-0.2, -0.15) is 0 Å². The van der Waals surface area contributed by atoms with Crippen LogP contribution in [-0.4, -0.2) is 12.5 Å². The lowest BCUT2D eigenvalue weighted by Gasteiger charge is -2.28. The maximum Gasteiger partial charge on any atom is 0.216 e. The van der Waals surface area contributed by atoms with E-state index in [0.29, 0.717) is 0 Å². The molecule has 0 aromatic heterocycles. The van der Waals surface area contributed by atoms with Crippen LogP contribution in [0.15, 0.2) is 0 Å². The molecule has 12 heavy (non-hydrogen) atoms. The molecule has 0 radical (unpaired) electrons. The summed E-state index contributed by atoms with van der Waals surface area (Å²) in [6.45, 7) is 4.77. The van der Waals surface area contributed by atoms with Gasteiger partial charge in [-0.05, 0) is 18.3 Å². The zero-order valence-corrected chi connectivity index (χ0v) is 8.10. The first-order chi connectivity index (χ1) is 5.70. The summed E-state index contributed by atoms with van der Waals surface area (Å²) in [5.74, 6) is 1.63. The SMILES string of the molecule is CC(=O)NCC1CCCCC1C. The van der Waals surface area contributed by atoms with Gasteiger partial charge in [0.15, 0.2) is 0 Å². The summed E-state index contributed by atoms with van der Waals surface area (Å²) in [5.41, 5.74) is 0. The Labute approximate surface area is 74.7 Å². The smallest absolute Gasteiger partial charge is 0.216 e. The molecule has 0 aliphatic heterocycles. The standard InChI is InChI=1S/C10H19NO/c1-8-5-3-4-6-10(8)7-11-9(2)12/h8,10H,3-7H2,1-2H3,(H,11,12). The van der Waals surface area contributed by atoms with E-state index in [1.54, 1.807) is 6.92 Å². The number of amides is 1. The normalized spacial score (nSPS) is 29.8. The molecule has 1 aliphatic rings. The summed E-state index contributed by atoms with van der Waals surface area (Å²) in [4.78, 5) is 10.7. The maximum atomic E-state index is 10.7. The second-order valence-electron chi connectivity index (χ2n) is 3.96. The lowest BCUT2D eigenvalue weighted by atomic mass is 9.80. The molecule has 1 aliphatic carbocycles. The second-order valence-corrected chi connectivity index (χ2v) is 3.96. The van der Waals surface area contributed by atoms with Crippen LogP contribution in [0.2, 0.25) is 0 Å². The Morgan fingerprint density at radius 2 is 2.08 bits per heavy atom. The first-order valence-electron chi connectivity index (χ1n) is 4.94. The van der Waals surface area contributed by atoms with Crippen molar-refractivity contribution in [2.24, 2.45) is 11.8 Å². The summed E-state index contributed by atoms with van der Waals surface area (Å²) in [6.07, 6.45) is 5.35. The topological polar surface area (TPSA) is 29.1 Å². The average molecular weight is 169 g/mol. The summed E-state index contributed by atoms with van der Waals surface area (Å²) in [7, 11) is 0. The van der Waals surface area contributed by atoms with E-state index < -0.39 is 0 Å². The molecule has 1 fully saturated rings. The Hall–Kier alpha value is -0.530. The third-order valence-electron chi connectivity index (χ3n) is 2.90. The zero-order chi connectivity index (χ0) is 8.97. The summed E-state index contributed by atoms with van der Waals surface area (Å²) < 4.78 is 0. The molecular weight excluding hydrogens is 150 g/mol. The minimum atomic E-state index is 0.104. The summed E-state index contributed by atoms with van der Waals surface area (Å²) in [5, 5.41) is 2.91. The van der Waals surface area contributed by atoms with Crippen molar-refractivity contribution < 1.29 is 4.79 Å². The lowest BCUT2D eigenvalue weighted by Crippen LogP contribution is -2.31. The van der Waals surface area contributed by atoms with Gasteiger partial charge in [0.05, 0.1) is 0 Å². The van der Waals surface area contributed by atoms with Gasteiger partial charge in [-0.3, -0.25) is 4.79 Å². The molecule has 70 valence electrons. The second kappa shape index (κ2) is 4.48. The Kier molecular flexibility index (Phi) is 3.57. The molecule has 2 atom stereocenters. The molecule has 1 saturated carbocycles. The van der Waals surface area contributed by atoms with E-state index in [1.807, 2.05) is 0 Å². The first-order valence-corrected chi connectivity index (χ1v) is 4.94. The lowest BCUT2D eigenvalue weighted by molar-refractivity contribution is -0.119. The molecule has 2 unspecified atom stereocenters. The fourth-order valence-corrected chi connectivity index (χ4v) is 1.97. The molecule has 1 amide bonds. The van der Waals surface area contributed by atoms with Crippen LogP contribution in [0.3, 0.4) is 0 Å². The van der Waals surface area contributed by atoms with E-state index in [1.165, 1.54) is 25.7 Å². The maximum absolute atomic E-state index is 10.7. The van der Waals surface area contributed by atoms with Crippen molar-refractivity contribution in [1.82, 2.24) is 5.32 Å². The molecule has 2 heteroatoms. The number of carbonyl (C=O) groups is 1. The Bertz CT molecular complexity index is 156. The highest BCUT2D eigenvalue weighted by atomic mass is 16.1. The molecule has 0 aromatic rings. The predicted octanol–water partition coefficient (Wildman–Crippen LogP) is 1.95. The predicted molar refractivity (Wildman–Crippen MR) is 49.8 cm³/mol. The molecule has 1 rings (SSSR count). The van der Waals surface area contributed by atoms with E-state index in [9.17, 15) is 4.79 Å². The number of hydrogen-bond acceptors (Lipinski definition) is 1. The molecule has 0 saturated heterocycles. The van der Waals surface area contributed by atoms with Crippen LogP contribution < -0.4 is 5.32 Å². The van der Waals surface area contributed by atoms with E-state index in [0.717, 1.165) is 18.4 Å². The van der Waals surface area contributed by atoms with Crippen molar-refractivity contribution in [2.45, 2.75) is 39.5 Å². The van der Waals surface area contributed by atoms with Gasteiger partial charge in [-0.15, -0.1) is 0 Å². The van der Waals surface area contributed by atoms with Crippen LogP contribution in [-0.2, 0) is 4.79 Å². The third-order valence-corrected chi connectivity index (χ3v) is 2.90. The zero-order valence-electron chi connectivity index (χ0n) is 8.10. The van der Waals surface area contributed by atoms with E-state index in [4.69, 9.17) is 0 Å². The molecule has 0 bridgehead atoms. The Morgan fingerprint density at radius 3 is 2.67 bits per heavy atom. The fourth-order valence-electron chi connectivity index (χ4n) is 1.97. The first kappa shape index (κ1) is 9.56. The highest BCUT2D eigenvalue weighted by Gasteiger charge is 2.20. The van der Waals surface area contributed by atoms with Crippen molar-refractivity contribution in [3.8, 4) is 0 Å². The fraction of sp³-hybridized carbons (Fsp3) is 0.900. The Balaban J connectivity index is 2.24. The van der Waals surface area contributed by atoms with Crippen LogP contribution in [0.5, 0.6) is 0 Å². The number of rotatable bonds is 2. The molecule has 1 N–H and O–H groups in total. The average Bonchev–Trinajstić information content (AvgIpc) is 2.03. The number of carbonyl (C=O) groups excluding carboxylic acids is 1. The number of nitrogens with one attached hydrogen (secondary N) is 1. The van der Waals surface area contributed by atoms with Crippen LogP contribution in [0.4, 0.5) is 0 Å². The summed E-state index contributed by atoms with van der Waals surface area (Å²) >= 11 is 0. The van der Waals surface area contributed by atoms with Crippen LogP contribution >= 0.6 is 0 Å². The molecule has 0 spiro atoms. The third kappa shape index (κ3) is 2.84. The van der Waals surface area contributed by atoms with Gasteiger partial charge >= 0.3 is 0 Å². The van der Waals surface area contributed by atoms with Gasteiger partial charge in [0, 0.05) is 13.5 Å². The monoisotopic (exact) mass is 169 g/mol. The quantitative estimate of drug-likeness (QED) is 0.672. The minimum Gasteiger partial charge on any atom is -0.356 e. The van der Waals surface area contributed by atoms with Crippen LogP contribution in [0.25, 0.3) is 0 Å². The largest absolute Gasteiger partial charge is 0.356 e. The Morgan fingerprint density at radius 1 is 1.42 bits per heavy atom. The van der Waals surface area contributed by atoms with Crippen molar-refractivity contribution in [3.05, 3.63) is 0 Å². The highest BCUT2D eigenvalue weighted by Crippen LogP contribution is 2.28. The van der Waals surface area contributed by atoms with Crippen LogP contribution in [0, 0.1) is 11.8 Å². The van der Waals surface area contributed by atoms with E-state index >= 15 is 0 Å². The van der Waals surface area contributed by atoms with Crippen molar-refractivity contribution in [1.29, 1.82) is 0 Å². The van der Waals surface area contributed by atoms with Crippen molar-refractivity contribution in [3.63, 3.8) is 0 Å². The van der Waals surface area contributed by atoms with Gasteiger partial charge in [0.1, 0.15) is 0 Å². The highest BCUT2D eigenvalue weighted by molar-refractivity contribution is 5.72. The van der Waals surface area contributed by atoms with Gasteiger partial charge in [-0.25, -0.2) is 0 Å². The molecule has 0 heterocycles. The van der Waals surface area contributed by atoms with E-state index in [-0.39, 0.29) is 5.91 Å². The van der Waals surface area contributed by atoms with E-state index in [2.05, 4.69) is 12.2 Å². The summed E-state index contributed by atoms with van der Waals surface area (Å²) in [6, 6.07) is 0. The van der Waals surface area contributed by atoms with Gasteiger partial charge in [0.2, 0.25) is 5.91 Å². The molecule has 2 nitrogen and oxygen atoms in total. The van der Waals surface area contributed by atoms with Gasteiger partial charge in [0.25, 0.3) is 0 Å². The van der Waals surface area contributed by atoms with Gasteiger partial charge < -0.3 is 5.32 Å². The van der Waals surface area contributed by atoms with Crippen molar-refractivity contribution >= 4 is 5.91 Å². The van der Waals surface area contributed by atoms with Crippen LogP contribution in [0.1, 0.15) is 39.5 Å². The molecular formula is C10H19NO. The molecule has 0 aromatic carbocycles. The van der Waals surface area contributed by atoms with Crippen molar-refractivity contribution in [2.75, 3.05) is 6.54 Å². The number of hydrogen-bond donors (Lipinski definition) is 1.